The number of rotatable bonds is 2. The van der Waals surface area contributed by atoms with Gasteiger partial charge in [0.1, 0.15) is 0 Å². The maximum absolute atomic E-state index is 10.7. The second-order valence-electron chi connectivity index (χ2n) is 2.23. The quantitative estimate of drug-likeness (QED) is 0.569. The summed E-state index contributed by atoms with van der Waals surface area (Å²) in [5.41, 5.74) is 0.736. The van der Waals surface area contributed by atoms with E-state index in [4.69, 9.17) is 0 Å². The smallest absolute Gasteiger partial charge is 0.311 e. The molecule has 0 amide bonds. The first-order valence-electron chi connectivity index (χ1n) is 3.27. The third-order valence-corrected chi connectivity index (χ3v) is 1.32. The first-order valence-corrected chi connectivity index (χ1v) is 3.27. The molecule has 1 aromatic rings. The summed E-state index contributed by atoms with van der Waals surface area (Å²) >= 11 is 0. The molecule has 1 aromatic heterocycles. The van der Waals surface area contributed by atoms with Crippen LogP contribution in [0.4, 0.5) is 0 Å². The van der Waals surface area contributed by atoms with Crippen LogP contribution in [0, 0.1) is 0 Å². The van der Waals surface area contributed by atoms with Crippen molar-refractivity contribution in [3.05, 3.63) is 18.0 Å². The van der Waals surface area contributed by atoms with Gasteiger partial charge in [-0.15, -0.1) is 0 Å². The van der Waals surface area contributed by atoms with Crippen molar-refractivity contribution >= 4 is 5.97 Å². The first-order chi connectivity index (χ1) is 5.22. The van der Waals surface area contributed by atoms with E-state index in [1.165, 1.54) is 7.11 Å². The fraction of sp³-hybridized carbons (Fsp3) is 0.429. The number of ether oxygens (including phenoxy) is 1. The van der Waals surface area contributed by atoms with E-state index < -0.39 is 0 Å². The van der Waals surface area contributed by atoms with E-state index in [1.54, 1.807) is 24.0 Å². The monoisotopic (exact) mass is 154 g/mol. The van der Waals surface area contributed by atoms with Crippen LogP contribution in [-0.4, -0.2) is 22.9 Å². The molecule has 0 spiro atoms. The number of methoxy groups -OCH3 is 1. The zero-order chi connectivity index (χ0) is 8.27. The fourth-order valence-electron chi connectivity index (χ4n) is 0.778. The summed E-state index contributed by atoms with van der Waals surface area (Å²) in [6.07, 6.45) is 2.04. The SMILES string of the molecule is COC(=O)Cc1ccn(C)n1. The van der Waals surface area contributed by atoms with E-state index in [1.807, 2.05) is 0 Å². The molecule has 4 heteroatoms. The second kappa shape index (κ2) is 3.18. The van der Waals surface area contributed by atoms with Gasteiger partial charge in [-0.2, -0.15) is 5.10 Å². The molecule has 4 nitrogen and oxygen atoms in total. The molecule has 0 aliphatic heterocycles. The molecule has 11 heavy (non-hydrogen) atoms. The van der Waals surface area contributed by atoms with E-state index in [-0.39, 0.29) is 12.4 Å². The summed E-state index contributed by atoms with van der Waals surface area (Å²) in [7, 11) is 3.17. The van der Waals surface area contributed by atoms with Crippen molar-refractivity contribution < 1.29 is 9.53 Å². The summed E-state index contributed by atoms with van der Waals surface area (Å²) in [6, 6.07) is 1.79. The zero-order valence-corrected chi connectivity index (χ0v) is 6.57. The van der Waals surface area contributed by atoms with Crippen molar-refractivity contribution in [3.8, 4) is 0 Å². The molecule has 0 radical (unpaired) electrons. The standard InChI is InChI=1S/C7H10N2O2/c1-9-4-3-6(8-9)5-7(10)11-2/h3-4H,5H2,1-2H3. The number of hydrogen-bond acceptors (Lipinski definition) is 3. The van der Waals surface area contributed by atoms with Crippen LogP contribution >= 0.6 is 0 Å². The maximum Gasteiger partial charge on any atom is 0.311 e. The summed E-state index contributed by atoms with van der Waals surface area (Å²) in [6.45, 7) is 0. The predicted molar refractivity (Wildman–Crippen MR) is 38.9 cm³/mol. The lowest BCUT2D eigenvalue weighted by Crippen LogP contribution is -2.05. The summed E-state index contributed by atoms with van der Waals surface area (Å²) in [4.78, 5) is 10.7. The Kier molecular flexibility index (Phi) is 2.25. The Balaban J connectivity index is 2.57. The molecule has 0 aromatic carbocycles. The first kappa shape index (κ1) is 7.78. The Labute approximate surface area is 64.8 Å². The van der Waals surface area contributed by atoms with Crippen LogP contribution in [0.3, 0.4) is 0 Å². The average Bonchev–Trinajstić information content (AvgIpc) is 2.35. The average molecular weight is 154 g/mol. The van der Waals surface area contributed by atoms with Gasteiger partial charge in [0.05, 0.1) is 19.2 Å². The van der Waals surface area contributed by atoms with Gasteiger partial charge in [-0.25, -0.2) is 0 Å². The summed E-state index contributed by atoms with van der Waals surface area (Å²) in [5, 5.41) is 4.01. The minimum absolute atomic E-state index is 0.247. The second-order valence-corrected chi connectivity index (χ2v) is 2.23. The number of carbonyl (C=O) groups excluding carboxylic acids is 1. The van der Waals surface area contributed by atoms with E-state index in [0.717, 1.165) is 5.69 Å². The number of esters is 1. The molecular formula is C7H10N2O2. The van der Waals surface area contributed by atoms with Gasteiger partial charge in [-0.1, -0.05) is 0 Å². The number of hydrogen-bond donors (Lipinski definition) is 0. The van der Waals surface area contributed by atoms with Crippen molar-refractivity contribution in [1.29, 1.82) is 0 Å². The normalized spacial score (nSPS) is 9.64. The lowest BCUT2D eigenvalue weighted by Gasteiger charge is -1.93. The van der Waals surface area contributed by atoms with Crippen LogP contribution in [0.25, 0.3) is 0 Å². The van der Waals surface area contributed by atoms with Crippen LogP contribution in [0.5, 0.6) is 0 Å². The molecule has 0 atom stereocenters. The molecule has 0 saturated carbocycles. The van der Waals surface area contributed by atoms with Crippen molar-refractivity contribution in [1.82, 2.24) is 9.78 Å². The minimum Gasteiger partial charge on any atom is -0.469 e. The largest absolute Gasteiger partial charge is 0.469 e. The van der Waals surface area contributed by atoms with Crippen molar-refractivity contribution in [2.75, 3.05) is 7.11 Å². The third-order valence-electron chi connectivity index (χ3n) is 1.32. The molecule has 1 heterocycles. The number of aryl methyl sites for hydroxylation is 1. The van der Waals surface area contributed by atoms with E-state index in [2.05, 4.69) is 9.84 Å². The molecule has 0 fully saturated rings. The van der Waals surface area contributed by atoms with E-state index in [0.29, 0.717) is 0 Å². The predicted octanol–water partition coefficient (Wildman–Crippen LogP) is 0.136. The van der Waals surface area contributed by atoms with Crippen molar-refractivity contribution in [2.24, 2.45) is 7.05 Å². The van der Waals surface area contributed by atoms with Gasteiger partial charge in [-0.05, 0) is 6.07 Å². The summed E-state index contributed by atoms with van der Waals surface area (Å²) in [5.74, 6) is -0.260. The lowest BCUT2D eigenvalue weighted by molar-refractivity contribution is -0.139. The van der Waals surface area contributed by atoms with E-state index >= 15 is 0 Å². The third kappa shape index (κ3) is 2.07. The Morgan fingerprint density at radius 1 is 1.82 bits per heavy atom. The van der Waals surface area contributed by atoms with Gasteiger partial charge in [0.25, 0.3) is 0 Å². The van der Waals surface area contributed by atoms with Gasteiger partial charge in [0, 0.05) is 13.2 Å². The van der Waals surface area contributed by atoms with Gasteiger partial charge >= 0.3 is 5.97 Å². The van der Waals surface area contributed by atoms with Gasteiger partial charge in [-0.3, -0.25) is 9.48 Å². The molecule has 0 aliphatic rings. The molecule has 0 unspecified atom stereocenters. The molecule has 0 N–H and O–H groups in total. The highest BCUT2D eigenvalue weighted by Gasteiger charge is 2.03. The number of aromatic nitrogens is 2. The van der Waals surface area contributed by atoms with Crippen LogP contribution < -0.4 is 0 Å². The van der Waals surface area contributed by atoms with Gasteiger partial charge < -0.3 is 4.74 Å². The molecule has 60 valence electrons. The topological polar surface area (TPSA) is 44.1 Å². The highest BCUT2D eigenvalue weighted by molar-refractivity contribution is 5.71. The van der Waals surface area contributed by atoms with E-state index in [9.17, 15) is 4.79 Å². The lowest BCUT2D eigenvalue weighted by atomic mass is 10.3. The Morgan fingerprint density at radius 3 is 3.00 bits per heavy atom. The molecule has 0 aliphatic carbocycles. The van der Waals surface area contributed by atoms with Crippen molar-refractivity contribution in [2.45, 2.75) is 6.42 Å². The molecule has 0 saturated heterocycles. The highest BCUT2D eigenvalue weighted by Crippen LogP contribution is 1.95. The Hall–Kier alpha value is -1.32. The zero-order valence-electron chi connectivity index (χ0n) is 6.57. The minimum atomic E-state index is -0.260. The summed E-state index contributed by atoms with van der Waals surface area (Å²) < 4.78 is 6.13. The van der Waals surface area contributed by atoms with Crippen molar-refractivity contribution in [3.63, 3.8) is 0 Å². The molecule has 1 rings (SSSR count). The maximum atomic E-state index is 10.7. The Morgan fingerprint density at radius 2 is 2.55 bits per heavy atom. The Bertz CT molecular complexity index is 255. The molecular weight excluding hydrogens is 144 g/mol. The number of nitrogens with zero attached hydrogens (tertiary/aromatic N) is 2. The van der Waals surface area contributed by atoms with Crippen LogP contribution in [-0.2, 0) is 23.0 Å². The number of carbonyl (C=O) groups is 1. The molecule has 0 bridgehead atoms. The van der Waals surface area contributed by atoms with Gasteiger partial charge in [0.2, 0.25) is 0 Å². The van der Waals surface area contributed by atoms with Crippen LogP contribution in [0.15, 0.2) is 12.3 Å². The van der Waals surface area contributed by atoms with Crippen LogP contribution in [0.1, 0.15) is 5.69 Å². The highest BCUT2D eigenvalue weighted by atomic mass is 16.5. The van der Waals surface area contributed by atoms with Gasteiger partial charge in [0.15, 0.2) is 0 Å². The van der Waals surface area contributed by atoms with Crippen LogP contribution in [0.2, 0.25) is 0 Å². The fourth-order valence-corrected chi connectivity index (χ4v) is 0.778.